The van der Waals surface area contributed by atoms with Crippen molar-refractivity contribution in [1.82, 2.24) is 0 Å². The molecular formula is C13H9BrFNO2. The highest BCUT2D eigenvalue weighted by molar-refractivity contribution is 9.10. The van der Waals surface area contributed by atoms with Crippen LogP contribution < -0.4 is 5.32 Å². The minimum atomic E-state index is -0.530. The molecule has 18 heavy (non-hydrogen) atoms. The van der Waals surface area contributed by atoms with Gasteiger partial charge in [-0.15, -0.1) is 0 Å². The Hall–Kier alpha value is -1.88. The van der Waals surface area contributed by atoms with Crippen molar-refractivity contribution in [2.75, 3.05) is 5.32 Å². The Balaban J connectivity index is 2.21. The fraction of sp³-hybridized carbons (Fsp3) is 0. The Morgan fingerprint density at radius 3 is 2.67 bits per heavy atom. The lowest BCUT2D eigenvalue weighted by Gasteiger charge is -2.07. The normalized spacial score (nSPS) is 10.1. The number of benzene rings is 2. The molecule has 0 spiro atoms. The van der Waals surface area contributed by atoms with Gasteiger partial charge in [0.15, 0.2) is 0 Å². The van der Waals surface area contributed by atoms with Crippen molar-refractivity contribution in [3.05, 3.63) is 58.3 Å². The highest BCUT2D eigenvalue weighted by Crippen LogP contribution is 2.20. The monoisotopic (exact) mass is 309 g/mol. The van der Waals surface area contributed by atoms with Crippen molar-refractivity contribution in [2.24, 2.45) is 0 Å². The predicted octanol–water partition coefficient (Wildman–Crippen LogP) is 3.55. The Morgan fingerprint density at radius 2 is 2.00 bits per heavy atom. The van der Waals surface area contributed by atoms with Crippen molar-refractivity contribution in [1.29, 1.82) is 0 Å². The molecule has 3 nitrogen and oxygen atoms in total. The van der Waals surface area contributed by atoms with E-state index in [0.717, 1.165) is 0 Å². The summed E-state index contributed by atoms with van der Waals surface area (Å²) in [5.74, 6) is -1.02. The summed E-state index contributed by atoms with van der Waals surface area (Å²) >= 11 is 3.13. The molecular weight excluding hydrogens is 301 g/mol. The maximum absolute atomic E-state index is 13.5. The number of hydrogen-bond donors (Lipinski definition) is 2. The van der Waals surface area contributed by atoms with Crippen molar-refractivity contribution >= 4 is 27.5 Å². The van der Waals surface area contributed by atoms with Crippen LogP contribution in [-0.2, 0) is 0 Å². The van der Waals surface area contributed by atoms with Gasteiger partial charge in [0, 0.05) is 10.0 Å². The zero-order valence-corrected chi connectivity index (χ0v) is 10.7. The summed E-state index contributed by atoms with van der Waals surface area (Å²) < 4.78 is 14.1. The van der Waals surface area contributed by atoms with Gasteiger partial charge in [0.25, 0.3) is 5.91 Å². The second-order valence-corrected chi connectivity index (χ2v) is 4.54. The molecule has 2 aromatic rings. The summed E-state index contributed by atoms with van der Waals surface area (Å²) in [6.45, 7) is 0. The number of phenols is 1. The van der Waals surface area contributed by atoms with Crippen LogP contribution in [0.3, 0.4) is 0 Å². The molecule has 0 heterocycles. The Bertz CT molecular complexity index is 601. The molecule has 92 valence electrons. The number of amides is 1. The van der Waals surface area contributed by atoms with Crippen LogP contribution in [0.25, 0.3) is 0 Å². The molecule has 0 aliphatic heterocycles. The van der Waals surface area contributed by atoms with Crippen LogP contribution >= 0.6 is 15.9 Å². The highest BCUT2D eigenvalue weighted by Gasteiger charge is 2.09. The third kappa shape index (κ3) is 2.87. The van der Waals surface area contributed by atoms with Crippen LogP contribution in [0.5, 0.6) is 5.75 Å². The Kier molecular flexibility index (Phi) is 3.62. The first kappa shape index (κ1) is 12.6. The number of carbonyl (C=O) groups excluding carboxylic acids is 1. The molecule has 0 aliphatic rings. The van der Waals surface area contributed by atoms with E-state index >= 15 is 0 Å². The molecule has 0 unspecified atom stereocenters. The van der Waals surface area contributed by atoms with E-state index in [1.807, 2.05) is 0 Å². The summed E-state index contributed by atoms with van der Waals surface area (Å²) in [6.07, 6.45) is 0. The van der Waals surface area contributed by atoms with Crippen LogP contribution in [-0.4, -0.2) is 11.0 Å². The van der Waals surface area contributed by atoms with Gasteiger partial charge >= 0.3 is 0 Å². The topological polar surface area (TPSA) is 49.3 Å². The van der Waals surface area contributed by atoms with Gasteiger partial charge < -0.3 is 10.4 Å². The lowest BCUT2D eigenvalue weighted by atomic mass is 10.2. The molecule has 2 N–H and O–H groups in total. The quantitative estimate of drug-likeness (QED) is 0.891. The number of phenolic OH excluding ortho intramolecular Hbond substituents is 1. The summed E-state index contributed by atoms with van der Waals surface area (Å²) in [6, 6.07) is 10.2. The number of carbonyl (C=O) groups is 1. The molecule has 0 aliphatic carbocycles. The van der Waals surface area contributed by atoms with Crippen LogP contribution in [0.2, 0.25) is 0 Å². The minimum Gasteiger partial charge on any atom is -0.508 e. The highest BCUT2D eigenvalue weighted by atomic mass is 79.9. The van der Waals surface area contributed by atoms with E-state index in [9.17, 15) is 14.3 Å². The van der Waals surface area contributed by atoms with E-state index in [0.29, 0.717) is 4.47 Å². The Morgan fingerprint density at radius 1 is 1.22 bits per heavy atom. The number of halogens is 2. The molecule has 2 rings (SSSR count). The fourth-order valence-electron chi connectivity index (χ4n) is 1.43. The maximum atomic E-state index is 13.5. The van der Waals surface area contributed by atoms with Gasteiger partial charge in [0.2, 0.25) is 0 Å². The number of anilines is 1. The minimum absolute atomic E-state index is 0.0149. The van der Waals surface area contributed by atoms with Crippen molar-refractivity contribution < 1.29 is 14.3 Å². The molecule has 5 heteroatoms. The van der Waals surface area contributed by atoms with Crippen LogP contribution in [0.15, 0.2) is 46.9 Å². The summed E-state index contributed by atoms with van der Waals surface area (Å²) in [5.41, 5.74) is 0.351. The zero-order valence-electron chi connectivity index (χ0n) is 9.15. The average Bonchev–Trinajstić information content (AvgIpc) is 2.32. The summed E-state index contributed by atoms with van der Waals surface area (Å²) in [4.78, 5) is 11.8. The van der Waals surface area contributed by atoms with Gasteiger partial charge in [0.1, 0.15) is 11.6 Å². The van der Waals surface area contributed by atoms with E-state index in [1.54, 1.807) is 12.1 Å². The van der Waals surface area contributed by atoms with Crippen molar-refractivity contribution in [2.45, 2.75) is 0 Å². The molecule has 0 radical (unpaired) electrons. The molecule has 0 saturated carbocycles. The van der Waals surface area contributed by atoms with Crippen LogP contribution in [0, 0.1) is 5.82 Å². The Labute approximate surface area is 111 Å². The first-order chi connectivity index (χ1) is 8.56. The fourth-order valence-corrected chi connectivity index (χ4v) is 1.77. The second-order valence-electron chi connectivity index (χ2n) is 3.63. The van der Waals surface area contributed by atoms with Gasteiger partial charge in [-0.25, -0.2) is 4.39 Å². The van der Waals surface area contributed by atoms with Gasteiger partial charge in [-0.3, -0.25) is 4.79 Å². The average molecular weight is 310 g/mol. The number of aromatic hydroxyl groups is 1. The van der Waals surface area contributed by atoms with E-state index in [-0.39, 0.29) is 17.0 Å². The summed E-state index contributed by atoms with van der Waals surface area (Å²) in [5, 5.41) is 11.7. The third-order valence-electron chi connectivity index (χ3n) is 2.29. The van der Waals surface area contributed by atoms with Crippen LogP contribution in [0.1, 0.15) is 10.4 Å². The zero-order chi connectivity index (χ0) is 13.1. The van der Waals surface area contributed by atoms with E-state index in [1.165, 1.54) is 30.3 Å². The van der Waals surface area contributed by atoms with Gasteiger partial charge in [-0.2, -0.15) is 0 Å². The molecule has 0 aromatic heterocycles. The molecule has 0 bridgehead atoms. The number of nitrogens with one attached hydrogen (secondary N) is 1. The smallest absolute Gasteiger partial charge is 0.255 e. The molecule has 0 saturated heterocycles. The lowest BCUT2D eigenvalue weighted by Crippen LogP contribution is -2.12. The second kappa shape index (κ2) is 5.18. The van der Waals surface area contributed by atoms with Gasteiger partial charge in [-0.05, 0) is 36.4 Å². The first-order valence-electron chi connectivity index (χ1n) is 5.12. The van der Waals surface area contributed by atoms with E-state index in [4.69, 9.17) is 0 Å². The SMILES string of the molecule is O=C(Nc1ccc(Br)cc1F)c1cccc(O)c1. The van der Waals surface area contributed by atoms with E-state index < -0.39 is 11.7 Å². The van der Waals surface area contributed by atoms with Gasteiger partial charge in [0.05, 0.1) is 5.69 Å². The summed E-state index contributed by atoms with van der Waals surface area (Å²) in [7, 11) is 0. The maximum Gasteiger partial charge on any atom is 0.255 e. The van der Waals surface area contributed by atoms with Crippen molar-refractivity contribution in [3.63, 3.8) is 0 Å². The van der Waals surface area contributed by atoms with Crippen molar-refractivity contribution in [3.8, 4) is 5.75 Å². The van der Waals surface area contributed by atoms with Crippen LogP contribution in [0.4, 0.5) is 10.1 Å². The molecule has 1 amide bonds. The standard InChI is InChI=1S/C13H9BrFNO2/c14-9-4-5-12(11(15)7-9)16-13(18)8-2-1-3-10(17)6-8/h1-7,17H,(H,16,18). The predicted molar refractivity (Wildman–Crippen MR) is 70.2 cm³/mol. The van der Waals surface area contributed by atoms with E-state index in [2.05, 4.69) is 21.2 Å². The molecule has 2 aromatic carbocycles. The number of rotatable bonds is 2. The lowest BCUT2D eigenvalue weighted by molar-refractivity contribution is 0.102. The molecule has 0 atom stereocenters. The van der Waals surface area contributed by atoms with Gasteiger partial charge in [-0.1, -0.05) is 22.0 Å². The molecule has 0 fully saturated rings. The number of hydrogen-bond acceptors (Lipinski definition) is 2. The first-order valence-corrected chi connectivity index (χ1v) is 5.91. The largest absolute Gasteiger partial charge is 0.508 e. The third-order valence-corrected chi connectivity index (χ3v) is 2.78.